The molecule has 2 aromatic heterocycles. The molecule has 2 aromatic carbocycles. The summed E-state index contributed by atoms with van der Waals surface area (Å²) in [7, 11) is -3.87. The molecule has 0 amide bonds. The van der Waals surface area contributed by atoms with Gasteiger partial charge >= 0.3 is 5.76 Å². The summed E-state index contributed by atoms with van der Waals surface area (Å²) in [4.78, 5) is 16.7. The highest BCUT2D eigenvalue weighted by atomic mass is 32.2. The molecule has 0 spiro atoms. The largest absolute Gasteiger partial charge is 0.420 e. The van der Waals surface area contributed by atoms with Gasteiger partial charge in [0.2, 0.25) is 5.89 Å². The molecule has 160 valence electrons. The Labute approximate surface area is 177 Å². The van der Waals surface area contributed by atoms with Gasteiger partial charge in [0.25, 0.3) is 10.0 Å². The van der Waals surface area contributed by atoms with Gasteiger partial charge in [-0.2, -0.15) is 4.98 Å². The van der Waals surface area contributed by atoms with Crippen LogP contribution < -0.4 is 10.5 Å². The lowest BCUT2D eigenvalue weighted by molar-refractivity contribution is 0.372. The lowest BCUT2D eigenvalue weighted by atomic mass is 10.1. The van der Waals surface area contributed by atoms with Crippen molar-refractivity contribution in [1.82, 2.24) is 14.7 Å². The van der Waals surface area contributed by atoms with E-state index in [1.165, 1.54) is 16.7 Å². The van der Waals surface area contributed by atoms with Crippen molar-refractivity contribution in [3.8, 4) is 0 Å². The van der Waals surface area contributed by atoms with E-state index in [4.69, 9.17) is 8.94 Å². The normalized spacial score (nSPS) is 14.3. The second kappa shape index (κ2) is 7.09. The number of anilines is 1. The number of sulfonamides is 1. The molecule has 10 heteroatoms. The van der Waals surface area contributed by atoms with Gasteiger partial charge in [-0.1, -0.05) is 23.4 Å². The van der Waals surface area contributed by atoms with Gasteiger partial charge in [0, 0.05) is 12.0 Å². The van der Waals surface area contributed by atoms with Crippen molar-refractivity contribution >= 4 is 26.8 Å². The first-order valence-corrected chi connectivity index (χ1v) is 11.3. The Bertz CT molecular complexity index is 1440. The molecule has 0 bridgehead atoms. The summed E-state index contributed by atoms with van der Waals surface area (Å²) in [6.45, 7) is 3.74. The van der Waals surface area contributed by atoms with Crippen molar-refractivity contribution in [1.29, 1.82) is 0 Å². The van der Waals surface area contributed by atoms with Crippen LogP contribution in [0.15, 0.2) is 55.0 Å². The number of fused-ring (bicyclic) bond motifs is 1. The fourth-order valence-electron chi connectivity index (χ4n) is 3.50. The summed E-state index contributed by atoms with van der Waals surface area (Å²) < 4.78 is 40.4. The second-order valence-corrected chi connectivity index (χ2v) is 9.46. The van der Waals surface area contributed by atoms with Crippen molar-refractivity contribution in [2.75, 3.05) is 4.72 Å². The molecule has 1 aliphatic carbocycles. The predicted molar refractivity (Wildman–Crippen MR) is 113 cm³/mol. The highest BCUT2D eigenvalue weighted by Gasteiger charge is 2.30. The number of benzene rings is 2. The molecule has 9 nitrogen and oxygen atoms in total. The SMILES string of the molecule is Cc1cccc(C)c1NS(=O)(=O)c1ccc2c(c1)oc(=O)n2Cc1noc(C2CC2)n1. The van der Waals surface area contributed by atoms with E-state index in [1.54, 1.807) is 6.07 Å². The van der Waals surface area contributed by atoms with E-state index in [1.807, 2.05) is 32.0 Å². The smallest absolute Gasteiger partial charge is 0.408 e. The Hall–Kier alpha value is -3.40. The second-order valence-electron chi connectivity index (χ2n) is 7.78. The third kappa shape index (κ3) is 3.63. The first kappa shape index (κ1) is 19.6. The Morgan fingerprint density at radius 1 is 1.16 bits per heavy atom. The minimum atomic E-state index is -3.87. The van der Waals surface area contributed by atoms with Gasteiger partial charge in [-0.15, -0.1) is 0 Å². The van der Waals surface area contributed by atoms with E-state index in [0.29, 0.717) is 28.8 Å². The minimum Gasteiger partial charge on any atom is -0.408 e. The van der Waals surface area contributed by atoms with Crippen LogP contribution in [0.5, 0.6) is 0 Å². The quantitative estimate of drug-likeness (QED) is 0.488. The van der Waals surface area contributed by atoms with E-state index < -0.39 is 15.8 Å². The van der Waals surface area contributed by atoms with Crippen molar-refractivity contribution in [3.05, 3.63) is 69.8 Å². The number of oxazole rings is 1. The van der Waals surface area contributed by atoms with Crippen molar-refractivity contribution in [3.63, 3.8) is 0 Å². The summed E-state index contributed by atoms with van der Waals surface area (Å²) in [5, 5.41) is 3.93. The molecule has 0 saturated heterocycles. The number of hydrogen-bond donors (Lipinski definition) is 1. The number of aryl methyl sites for hydroxylation is 2. The van der Waals surface area contributed by atoms with E-state index in [-0.39, 0.29) is 17.0 Å². The molecular formula is C21H20N4O5S. The Kier molecular flexibility index (Phi) is 4.47. The van der Waals surface area contributed by atoms with Crippen LogP contribution in [0.25, 0.3) is 11.1 Å². The van der Waals surface area contributed by atoms with E-state index in [2.05, 4.69) is 14.9 Å². The number of para-hydroxylation sites is 1. The van der Waals surface area contributed by atoms with Gasteiger partial charge in [0.15, 0.2) is 11.4 Å². The summed E-state index contributed by atoms with van der Waals surface area (Å²) in [5.41, 5.74) is 2.78. The molecule has 0 radical (unpaired) electrons. The zero-order valence-electron chi connectivity index (χ0n) is 17.0. The maximum Gasteiger partial charge on any atom is 0.420 e. The molecule has 1 N–H and O–H groups in total. The highest BCUT2D eigenvalue weighted by Crippen LogP contribution is 2.38. The molecule has 1 fully saturated rings. The minimum absolute atomic E-state index is 0.000802. The van der Waals surface area contributed by atoms with Crippen LogP contribution in [0.3, 0.4) is 0 Å². The lowest BCUT2D eigenvalue weighted by Gasteiger charge is -2.13. The van der Waals surface area contributed by atoms with Gasteiger partial charge in [-0.3, -0.25) is 9.29 Å². The van der Waals surface area contributed by atoms with Crippen LogP contribution in [0.2, 0.25) is 0 Å². The highest BCUT2D eigenvalue weighted by molar-refractivity contribution is 7.92. The molecule has 1 saturated carbocycles. The maximum atomic E-state index is 12.9. The summed E-state index contributed by atoms with van der Waals surface area (Å²) in [6.07, 6.45) is 2.06. The maximum absolute atomic E-state index is 12.9. The fraction of sp³-hybridized carbons (Fsp3) is 0.286. The average Bonchev–Trinajstić information content (AvgIpc) is 3.39. The van der Waals surface area contributed by atoms with Crippen LogP contribution in [0.4, 0.5) is 5.69 Å². The Morgan fingerprint density at radius 2 is 1.90 bits per heavy atom. The summed E-state index contributed by atoms with van der Waals surface area (Å²) in [6, 6.07) is 9.86. The summed E-state index contributed by atoms with van der Waals surface area (Å²) in [5.74, 6) is 0.656. The molecule has 1 aliphatic rings. The first-order chi connectivity index (χ1) is 14.8. The molecular weight excluding hydrogens is 420 g/mol. The predicted octanol–water partition coefficient (Wildman–Crippen LogP) is 3.32. The van der Waals surface area contributed by atoms with Crippen molar-refractivity contribution in [2.45, 2.75) is 44.0 Å². The third-order valence-electron chi connectivity index (χ3n) is 5.38. The molecule has 2 heterocycles. The van der Waals surface area contributed by atoms with Gasteiger partial charge in [-0.05, 0) is 49.9 Å². The van der Waals surface area contributed by atoms with E-state index in [9.17, 15) is 13.2 Å². The van der Waals surface area contributed by atoms with Crippen LogP contribution >= 0.6 is 0 Å². The van der Waals surface area contributed by atoms with Gasteiger partial charge in [-0.25, -0.2) is 13.2 Å². The Morgan fingerprint density at radius 3 is 2.61 bits per heavy atom. The molecule has 31 heavy (non-hydrogen) atoms. The zero-order valence-corrected chi connectivity index (χ0v) is 17.8. The monoisotopic (exact) mass is 440 g/mol. The van der Waals surface area contributed by atoms with Crippen LogP contribution in [0, 0.1) is 13.8 Å². The van der Waals surface area contributed by atoms with Gasteiger partial charge < -0.3 is 8.94 Å². The number of aromatic nitrogens is 3. The van der Waals surface area contributed by atoms with Crippen LogP contribution in [0.1, 0.15) is 41.6 Å². The number of hydrogen-bond acceptors (Lipinski definition) is 7. The first-order valence-electron chi connectivity index (χ1n) is 9.87. The standard InChI is InChI=1S/C21H20N4O5S/c1-12-4-3-5-13(2)19(12)24-31(27,28)15-8-9-16-17(10-15)29-21(26)25(16)11-18-22-20(30-23-18)14-6-7-14/h3-5,8-10,14,24H,6-7,11H2,1-2H3. The van der Waals surface area contributed by atoms with E-state index >= 15 is 0 Å². The van der Waals surface area contributed by atoms with Crippen molar-refractivity contribution in [2.24, 2.45) is 0 Å². The number of nitrogens with zero attached hydrogens (tertiary/aromatic N) is 3. The van der Waals surface area contributed by atoms with Crippen LogP contribution in [-0.2, 0) is 16.6 Å². The van der Waals surface area contributed by atoms with Crippen molar-refractivity contribution < 1.29 is 17.4 Å². The fourth-order valence-corrected chi connectivity index (χ4v) is 4.72. The Balaban J connectivity index is 1.47. The lowest BCUT2D eigenvalue weighted by Crippen LogP contribution is -2.16. The summed E-state index contributed by atoms with van der Waals surface area (Å²) >= 11 is 0. The molecule has 0 aliphatic heterocycles. The third-order valence-corrected chi connectivity index (χ3v) is 6.72. The zero-order chi connectivity index (χ0) is 21.8. The number of nitrogens with one attached hydrogen (secondary N) is 1. The van der Waals surface area contributed by atoms with Gasteiger partial charge in [0.05, 0.1) is 22.6 Å². The van der Waals surface area contributed by atoms with E-state index in [0.717, 1.165) is 24.0 Å². The number of rotatable bonds is 6. The topological polar surface area (TPSA) is 120 Å². The molecule has 5 rings (SSSR count). The van der Waals surface area contributed by atoms with Gasteiger partial charge in [0.1, 0.15) is 0 Å². The van der Waals surface area contributed by atoms with Crippen LogP contribution in [-0.4, -0.2) is 23.1 Å². The molecule has 0 atom stereocenters. The molecule has 0 unspecified atom stereocenters. The molecule has 4 aromatic rings. The average molecular weight is 440 g/mol.